The maximum absolute atomic E-state index is 12.9. The summed E-state index contributed by atoms with van der Waals surface area (Å²) in [6, 6.07) is 4.85. The van der Waals surface area contributed by atoms with Gasteiger partial charge in [0.05, 0.1) is 34.9 Å². The minimum absolute atomic E-state index is 0.215. The summed E-state index contributed by atoms with van der Waals surface area (Å²) in [5.41, 5.74) is -1.14. The number of nitrogens with one attached hydrogen (secondary N) is 1. The molecule has 0 radical (unpaired) electrons. The number of halogens is 4. The van der Waals surface area contributed by atoms with Gasteiger partial charge in [-0.2, -0.15) is 18.3 Å². The SMILES string of the molecule is CC(Cn1cc(Cl)cn1)C(=O)Nc1ccccc1C(F)(F)F. The summed E-state index contributed by atoms with van der Waals surface area (Å²) >= 11 is 5.72. The van der Waals surface area contributed by atoms with Gasteiger partial charge in [0.15, 0.2) is 0 Å². The molecular weight excluding hydrogens is 319 g/mol. The summed E-state index contributed by atoms with van der Waals surface area (Å²) < 4.78 is 40.1. The number of carbonyl (C=O) groups is 1. The van der Waals surface area contributed by atoms with Gasteiger partial charge in [0, 0.05) is 6.20 Å². The minimum Gasteiger partial charge on any atom is -0.325 e. The van der Waals surface area contributed by atoms with Crippen LogP contribution in [0.15, 0.2) is 36.7 Å². The van der Waals surface area contributed by atoms with Crippen LogP contribution >= 0.6 is 11.6 Å². The van der Waals surface area contributed by atoms with E-state index in [0.29, 0.717) is 5.02 Å². The van der Waals surface area contributed by atoms with Crippen LogP contribution in [0.25, 0.3) is 0 Å². The number of benzene rings is 1. The second-order valence-electron chi connectivity index (χ2n) is 4.81. The average Bonchev–Trinajstić information content (AvgIpc) is 2.83. The van der Waals surface area contributed by atoms with Gasteiger partial charge in [-0.3, -0.25) is 9.48 Å². The number of aromatic nitrogens is 2. The largest absolute Gasteiger partial charge is 0.418 e. The van der Waals surface area contributed by atoms with Gasteiger partial charge in [-0.1, -0.05) is 30.7 Å². The Hall–Kier alpha value is -2.02. The first kappa shape index (κ1) is 16.4. The Labute approximate surface area is 129 Å². The molecule has 1 amide bonds. The minimum atomic E-state index is -4.53. The molecule has 0 saturated carbocycles. The van der Waals surface area contributed by atoms with Crippen LogP contribution in [0, 0.1) is 5.92 Å². The van der Waals surface area contributed by atoms with E-state index < -0.39 is 23.6 Å². The fourth-order valence-corrected chi connectivity index (χ4v) is 2.05. The Bertz CT molecular complexity index is 669. The normalized spacial score (nSPS) is 13.0. The summed E-state index contributed by atoms with van der Waals surface area (Å²) in [5, 5.41) is 6.66. The average molecular weight is 332 g/mol. The van der Waals surface area contributed by atoms with E-state index >= 15 is 0 Å². The first-order valence-corrected chi connectivity index (χ1v) is 6.80. The molecule has 118 valence electrons. The van der Waals surface area contributed by atoms with E-state index in [1.165, 1.54) is 35.3 Å². The van der Waals surface area contributed by atoms with Crippen LogP contribution in [0.4, 0.5) is 18.9 Å². The van der Waals surface area contributed by atoms with Crippen molar-refractivity contribution in [2.24, 2.45) is 5.92 Å². The van der Waals surface area contributed by atoms with Crippen LogP contribution in [0.2, 0.25) is 5.02 Å². The van der Waals surface area contributed by atoms with Gasteiger partial charge in [-0.15, -0.1) is 0 Å². The van der Waals surface area contributed by atoms with Crippen LogP contribution in [-0.4, -0.2) is 15.7 Å². The second-order valence-corrected chi connectivity index (χ2v) is 5.25. The zero-order valence-corrected chi connectivity index (χ0v) is 12.3. The van der Waals surface area contributed by atoms with Crippen molar-refractivity contribution in [3.8, 4) is 0 Å². The van der Waals surface area contributed by atoms with E-state index in [4.69, 9.17) is 11.6 Å². The summed E-state index contributed by atoms with van der Waals surface area (Å²) in [7, 11) is 0. The van der Waals surface area contributed by atoms with Gasteiger partial charge in [0.1, 0.15) is 0 Å². The molecule has 1 atom stereocenters. The van der Waals surface area contributed by atoms with Gasteiger partial charge < -0.3 is 5.32 Å². The number of hydrogen-bond acceptors (Lipinski definition) is 2. The number of amides is 1. The van der Waals surface area contributed by atoms with E-state index in [1.54, 1.807) is 6.92 Å². The molecule has 1 N–H and O–H groups in total. The first-order chi connectivity index (χ1) is 10.3. The summed E-state index contributed by atoms with van der Waals surface area (Å²) in [6.45, 7) is 1.81. The van der Waals surface area contributed by atoms with Crippen LogP contribution in [0.3, 0.4) is 0 Å². The molecule has 0 aliphatic rings. The van der Waals surface area contributed by atoms with Crippen molar-refractivity contribution in [3.63, 3.8) is 0 Å². The van der Waals surface area contributed by atoms with Crippen LogP contribution in [0.5, 0.6) is 0 Å². The smallest absolute Gasteiger partial charge is 0.325 e. The van der Waals surface area contributed by atoms with E-state index in [2.05, 4.69) is 10.4 Å². The van der Waals surface area contributed by atoms with Gasteiger partial charge in [-0.05, 0) is 12.1 Å². The molecule has 8 heteroatoms. The number of rotatable bonds is 4. The highest BCUT2D eigenvalue weighted by atomic mass is 35.5. The molecule has 22 heavy (non-hydrogen) atoms. The molecule has 1 heterocycles. The van der Waals surface area contributed by atoms with Gasteiger partial charge >= 0.3 is 6.18 Å². The lowest BCUT2D eigenvalue weighted by molar-refractivity contribution is -0.137. The second kappa shape index (κ2) is 6.39. The van der Waals surface area contributed by atoms with E-state index in [0.717, 1.165) is 6.07 Å². The maximum Gasteiger partial charge on any atom is 0.418 e. The van der Waals surface area contributed by atoms with Crippen molar-refractivity contribution in [3.05, 3.63) is 47.2 Å². The quantitative estimate of drug-likeness (QED) is 0.925. The third kappa shape index (κ3) is 4.00. The van der Waals surface area contributed by atoms with Crippen molar-refractivity contribution in [2.75, 3.05) is 5.32 Å². The number of anilines is 1. The lowest BCUT2D eigenvalue weighted by atomic mass is 10.1. The number of carbonyl (C=O) groups excluding carboxylic acids is 1. The molecule has 2 aromatic rings. The fraction of sp³-hybridized carbons (Fsp3) is 0.286. The van der Waals surface area contributed by atoms with E-state index in [-0.39, 0.29) is 12.2 Å². The van der Waals surface area contributed by atoms with Crippen molar-refractivity contribution in [1.29, 1.82) is 0 Å². The molecule has 4 nitrogen and oxygen atoms in total. The number of alkyl halides is 3. The molecule has 2 rings (SSSR count). The molecule has 1 unspecified atom stereocenters. The first-order valence-electron chi connectivity index (χ1n) is 6.42. The Balaban J connectivity index is 2.09. The molecule has 1 aromatic carbocycles. The maximum atomic E-state index is 12.9. The highest BCUT2D eigenvalue weighted by Gasteiger charge is 2.33. The number of hydrogen-bond donors (Lipinski definition) is 1. The van der Waals surface area contributed by atoms with Crippen molar-refractivity contribution in [1.82, 2.24) is 9.78 Å². The fourth-order valence-electron chi connectivity index (χ4n) is 1.90. The topological polar surface area (TPSA) is 46.9 Å². The van der Waals surface area contributed by atoms with Crippen LogP contribution < -0.4 is 5.32 Å². The Kier molecular flexibility index (Phi) is 4.75. The summed E-state index contributed by atoms with van der Waals surface area (Å²) in [6.07, 6.45) is -1.57. The zero-order valence-electron chi connectivity index (χ0n) is 11.6. The van der Waals surface area contributed by atoms with Crippen molar-refractivity contribution in [2.45, 2.75) is 19.6 Å². The number of para-hydroxylation sites is 1. The summed E-state index contributed by atoms with van der Waals surface area (Å²) in [5.74, 6) is -1.10. The van der Waals surface area contributed by atoms with E-state index in [1.807, 2.05) is 0 Å². The Morgan fingerprint density at radius 2 is 2.09 bits per heavy atom. The molecule has 0 spiro atoms. The van der Waals surface area contributed by atoms with Gasteiger partial charge in [0.2, 0.25) is 5.91 Å². The third-order valence-corrected chi connectivity index (χ3v) is 3.20. The van der Waals surface area contributed by atoms with Crippen LogP contribution in [0.1, 0.15) is 12.5 Å². The molecule has 0 aliphatic carbocycles. The predicted octanol–water partition coefficient (Wildman–Crippen LogP) is 3.83. The zero-order chi connectivity index (χ0) is 16.3. The molecule has 1 aromatic heterocycles. The lowest BCUT2D eigenvalue weighted by Crippen LogP contribution is -2.26. The van der Waals surface area contributed by atoms with Crippen molar-refractivity contribution >= 4 is 23.2 Å². The predicted molar refractivity (Wildman–Crippen MR) is 76.5 cm³/mol. The van der Waals surface area contributed by atoms with E-state index in [9.17, 15) is 18.0 Å². The third-order valence-electron chi connectivity index (χ3n) is 3.00. The monoisotopic (exact) mass is 331 g/mol. The lowest BCUT2D eigenvalue weighted by Gasteiger charge is -2.16. The van der Waals surface area contributed by atoms with Gasteiger partial charge in [-0.25, -0.2) is 0 Å². The molecule has 0 bridgehead atoms. The van der Waals surface area contributed by atoms with Crippen molar-refractivity contribution < 1.29 is 18.0 Å². The molecule has 0 saturated heterocycles. The Morgan fingerprint density at radius 1 is 1.41 bits per heavy atom. The highest BCUT2D eigenvalue weighted by Crippen LogP contribution is 2.34. The molecule has 0 fully saturated rings. The Morgan fingerprint density at radius 3 is 2.68 bits per heavy atom. The standard InChI is InChI=1S/C14H13ClF3N3O/c1-9(7-21-8-10(15)6-19-21)13(22)20-12-5-3-2-4-11(12)14(16,17)18/h2-6,8-9H,7H2,1H3,(H,20,22). The number of nitrogens with zero attached hydrogens (tertiary/aromatic N) is 2. The van der Waals surface area contributed by atoms with Crippen LogP contribution in [-0.2, 0) is 17.5 Å². The van der Waals surface area contributed by atoms with Gasteiger partial charge in [0.25, 0.3) is 0 Å². The molecule has 0 aliphatic heterocycles. The molecular formula is C14H13ClF3N3O. The highest BCUT2D eigenvalue weighted by molar-refractivity contribution is 6.30. The summed E-state index contributed by atoms with van der Waals surface area (Å²) in [4.78, 5) is 12.1.